The van der Waals surface area contributed by atoms with E-state index in [1.165, 1.54) is 4.90 Å². The standard InChI is InChI=1S/C21H26N4O5/c1-2-11-22-18(27)16-12-24(14-7-3-4-8-15(14)30-16)17(26)13-25-19(28)21(23-20(25)29)9-5-6-10-21/h3-4,7-8,16H,2,5-6,9-13H2,1H3,(H,22,27)(H,23,29)/t16-/m0/s1. The van der Waals surface area contributed by atoms with Crippen molar-refractivity contribution in [1.29, 1.82) is 0 Å². The Morgan fingerprint density at radius 3 is 2.70 bits per heavy atom. The van der Waals surface area contributed by atoms with E-state index in [9.17, 15) is 19.2 Å². The molecule has 1 saturated carbocycles. The molecular weight excluding hydrogens is 388 g/mol. The third-order valence-corrected chi connectivity index (χ3v) is 5.91. The molecule has 3 aliphatic rings. The van der Waals surface area contributed by atoms with E-state index in [2.05, 4.69) is 10.6 Å². The van der Waals surface area contributed by atoms with Gasteiger partial charge in [0, 0.05) is 6.54 Å². The largest absolute Gasteiger partial charge is 0.477 e. The van der Waals surface area contributed by atoms with E-state index in [4.69, 9.17) is 4.74 Å². The van der Waals surface area contributed by atoms with Gasteiger partial charge in [-0.15, -0.1) is 0 Å². The number of rotatable bonds is 5. The third kappa shape index (κ3) is 3.48. The van der Waals surface area contributed by atoms with Gasteiger partial charge in [0.05, 0.1) is 12.2 Å². The minimum Gasteiger partial charge on any atom is -0.477 e. The fourth-order valence-electron chi connectivity index (χ4n) is 4.33. The van der Waals surface area contributed by atoms with Gasteiger partial charge in [-0.1, -0.05) is 31.9 Å². The number of anilines is 1. The lowest BCUT2D eigenvalue weighted by molar-refractivity contribution is -0.134. The lowest BCUT2D eigenvalue weighted by Crippen LogP contribution is -2.53. The predicted molar refractivity (Wildman–Crippen MR) is 108 cm³/mol. The first-order chi connectivity index (χ1) is 14.4. The average molecular weight is 414 g/mol. The molecule has 2 N–H and O–H groups in total. The van der Waals surface area contributed by atoms with Gasteiger partial charge in [0.1, 0.15) is 17.8 Å². The van der Waals surface area contributed by atoms with Crippen molar-refractivity contribution in [2.75, 3.05) is 24.5 Å². The highest BCUT2D eigenvalue weighted by Gasteiger charge is 2.53. The summed E-state index contributed by atoms with van der Waals surface area (Å²) in [6, 6.07) is 6.40. The molecule has 30 heavy (non-hydrogen) atoms. The van der Waals surface area contributed by atoms with Gasteiger partial charge in [-0.05, 0) is 31.4 Å². The van der Waals surface area contributed by atoms with Crippen LogP contribution in [0.2, 0.25) is 0 Å². The Labute approximate surface area is 174 Å². The molecule has 1 aromatic carbocycles. The van der Waals surface area contributed by atoms with Crippen LogP contribution in [0.5, 0.6) is 5.75 Å². The SMILES string of the molecule is CCCNC(=O)[C@@H]1CN(C(=O)CN2C(=O)NC3(CCCC3)C2=O)c2ccccc2O1. The van der Waals surface area contributed by atoms with Crippen LogP contribution in [0, 0.1) is 0 Å². The summed E-state index contributed by atoms with van der Waals surface area (Å²) in [6.45, 7) is 2.10. The summed E-state index contributed by atoms with van der Waals surface area (Å²) < 4.78 is 5.79. The van der Waals surface area contributed by atoms with E-state index < -0.39 is 23.6 Å². The Balaban J connectivity index is 1.53. The lowest BCUT2D eigenvalue weighted by atomic mass is 9.98. The van der Waals surface area contributed by atoms with Crippen molar-refractivity contribution in [3.05, 3.63) is 24.3 Å². The molecule has 0 aromatic heterocycles. The highest BCUT2D eigenvalue weighted by molar-refractivity contribution is 6.11. The molecule has 160 valence electrons. The number of benzene rings is 1. The molecule has 2 fully saturated rings. The van der Waals surface area contributed by atoms with Gasteiger partial charge in [-0.3, -0.25) is 19.3 Å². The predicted octanol–water partition coefficient (Wildman–Crippen LogP) is 1.17. The second-order valence-corrected chi connectivity index (χ2v) is 7.98. The summed E-state index contributed by atoms with van der Waals surface area (Å²) in [4.78, 5) is 53.3. The number of ether oxygens (including phenoxy) is 1. The van der Waals surface area contributed by atoms with E-state index in [1.54, 1.807) is 24.3 Å². The highest BCUT2D eigenvalue weighted by Crippen LogP contribution is 2.36. The monoisotopic (exact) mass is 414 g/mol. The van der Waals surface area contributed by atoms with Gasteiger partial charge in [0.2, 0.25) is 5.91 Å². The van der Waals surface area contributed by atoms with Crippen molar-refractivity contribution >= 4 is 29.4 Å². The van der Waals surface area contributed by atoms with Crippen LogP contribution < -0.4 is 20.3 Å². The fourth-order valence-corrected chi connectivity index (χ4v) is 4.33. The molecular formula is C21H26N4O5. The quantitative estimate of drug-likeness (QED) is 0.704. The van der Waals surface area contributed by atoms with Crippen LogP contribution in [0.15, 0.2) is 24.3 Å². The van der Waals surface area contributed by atoms with E-state index >= 15 is 0 Å². The summed E-state index contributed by atoms with van der Waals surface area (Å²) in [5.41, 5.74) is -0.340. The van der Waals surface area contributed by atoms with E-state index in [-0.39, 0.29) is 24.9 Å². The first kappa shape index (κ1) is 20.2. The van der Waals surface area contributed by atoms with E-state index in [0.29, 0.717) is 30.8 Å². The molecule has 0 bridgehead atoms. The normalized spacial score (nSPS) is 22.0. The zero-order chi connectivity index (χ0) is 21.3. The molecule has 9 heteroatoms. The van der Waals surface area contributed by atoms with Gasteiger partial charge in [-0.25, -0.2) is 4.79 Å². The highest BCUT2D eigenvalue weighted by atomic mass is 16.5. The summed E-state index contributed by atoms with van der Waals surface area (Å²) in [6.07, 6.45) is 2.87. The van der Waals surface area contributed by atoms with E-state index in [1.807, 2.05) is 6.92 Å². The smallest absolute Gasteiger partial charge is 0.325 e. The topological polar surface area (TPSA) is 108 Å². The minimum absolute atomic E-state index is 0.0141. The maximum absolute atomic E-state index is 13.2. The first-order valence-electron chi connectivity index (χ1n) is 10.4. The number of carbonyl (C=O) groups is 4. The second kappa shape index (κ2) is 7.97. The number of hydrogen-bond acceptors (Lipinski definition) is 5. The summed E-state index contributed by atoms with van der Waals surface area (Å²) >= 11 is 0. The van der Waals surface area contributed by atoms with Crippen LogP contribution in [0.1, 0.15) is 39.0 Å². The van der Waals surface area contributed by atoms with Crippen LogP contribution in [0.3, 0.4) is 0 Å². The van der Waals surface area contributed by atoms with Crippen molar-refractivity contribution in [3.8, 4) is 5.75 Å². The number of amides is 5. The zero-order valence-corrected chi connectivity index (χ0v) is 17.0. The summed E-state index contributed by atoms with van der Waals surface area (Å²) in [7, 11) is 0. The van der Waals surface area contributed by atoms with Gasteiger partial charge in [0.25, 0.3) is 11.8 Å². The minimum atomic E-state index is -0.861. The molecule has 1 aliphatic carbocycles. The lowest BCUT2D eigenvalue weighted by Gasteiger charge is -2.34. The maximum atomic E-state index is 13.2. The molecule has 1 spiro atoms. The average Bonchev–Trinajstić information content (AvgIpc) is 3.31. The molecule has 1 saturated heterocycles. The van der Waals surface area contributed by atoms with Crippen LogP contribution in [0.4, 0.5) is 10.5 Å². The molecule has 1 aromatic rings. The second-order valence-electron chi connectivity index (χ2n) is 7.98. The Hall–Kier alpha value is -3.10. The first-order valence-corrected chi connectivity index (χ1v) is 10.4. The van der Waals surface area contributed by atoms with Crippen LogP contribution >= 0.6 is 0 Å². The number of nitrogens with one attached hydrogen (secondary N) is 2. The van der Waals surface area contributed by atoms with Gasteiger partial charge < -0.3 is 20.3 Å². The molecule has 1 atom stereocenters. The van der Waals surface area contributed by atoms with Gasteiger partial charge >= 0.3 is 6.03 Å². The number of carbonyl (C=O) groups excluding carboxylic acids is 4. The number of nitrogens with zero attached hydrogens (tertiary/aromatic N) is 2. The van der Waals surface area contributed by atoms with Crippen molar-refractivity contribution in [1.82, 2.24) is 15.5 Å². The Morgan fingerprint density at radius 2 is 1.97 bits per heavy atom. The molecule has 4 rings (SSSR count). The number of hydrogen-bond donors (Lipinski definition) is 2. The van der Waals surface area contributed by atoms with Crippen LogP contribution in [0.25, 0.3) is 0 Å². The maximum Gasteiger partial charge on any atom is 0.325 e. The summed E-state index contributed by atoms with van der Waals surface area (Å²) in [5.74, 6) is -0.656. The third-order valence-electron chi connectivity index (χ3n) is 5.91. The van der Waals surface area contributed by atoms with Crippen molar-refractivity contribution in [3.63, 3.8) is 0 Å². The Kier molecular flexibility index (Phi) is 5.36. The van der Waals surface area contributed by atoms with E-state index in [0.717, 1.165) is 24.2 Å². The summed E-state index contributed by atoms with van der Waals surface area (Å²) in [5, 5.41) is 5.57. The molecule has 2 heterocycles. The van der Waals surface area contributed by atoms with Gasteiger partial charge in [0.15, 0.2) is 6.10 Å². The van der Waals surface area contributed by atoms with Gasteiger partial charge in [-0.2, -0.15) is 0 Å². The zero-order valence-electron chi connectivity index (χ0n) is 17.0. The number of imide groups is 1. The van der Waals surface area contributed by atoms with Crippen molar-refractivity contribution in [2.45, 2.75) is 50.7 Å². The molecule has 2 aliphatic heterocycles. The Bertz CT molecular complexity index is 880. The number of fused-ring (bicyclic) bond motifs is 1. The fraction of sp³-hybridized carbons (Fsp3) is 0.524. The number of urea groups is 1. The number of para-hydroxylation sites is 2. The van der Waals surface area contributed by atoms with Crippen molar-refractivity contribution in [2.24, 2.45) is 0 Å². The molecule has 9 nitrogen and oxygen atoms in total. The molecule has 5 amide bonds. The molecule has 0 unspecified atom stereocenters. The van der Waals surface area contributed by atoms with Crippen molar-refractivity contribution < 1.29 is 23.9 Å². The van der Waals surface area contributed by atoms with Crippen LogP contribution in [-0.4, -0.2) is 59.9 Å². The van der Waals surface area contributed by atoms with Crippen LogP contribution in [-0.2, 0) is 14.4 Å². The Morgan fingerprint density at radius 1 is 1.23 bits per heavy atom. The molecule has 0 radical (unpaired) electrons.